The Morgan fingerprint density at radius 3 is 2.67 bits per heavy atom. The highest BCUT2D eigenvalue weighted by atomic mass is 35.5. The highest BCUT2D eigenvalue weighted by Gasteiger charge is 2.29. The van der Waals surface area contributed by atoms with Crippen LogP contribution >= 0.6 is 11.6 Å². The van der Waals surface area contributed by atoms with Gasteiger partial charge < -0.3 is 5.11 Å². The van der Waals surface area contributed by atoms with Gasteiger partial charge in [-0.1, -0.05) is 24.6 Å². The minimum Gasteiger partial charge on any atom is -0.480 e. The van der Waals surface area contributed by atoms with Crippen LogP contribution in [0.2, 0.25) is 0 Å². The average Bonchev–Trinajstić information content (AvgIpc) is 2.04. The van der Waals surface area contributed by atoms with Crippen LogP contribution in [0.5, 0.6) is 0 Å². The number of nitrogens with one attached hydrogen (secondary N) is 1. The topological polar surface area (TPSA) is 49.3 Å². The lowest BCUT2D eigenvalue weighted by Gasteiger charge is -2.23. The largest absolute Gasteiger partial charge is 0.480 e. The van der Waals surface area contributed by atoms with Crippen LogP contribution in [0.1, 0.15) is 20.3 Å². The minimum absolute atomic E-state index is 0.472. The van der Waals surface area contributed by atoms with Crippen LogP contribution < -0.4 is 5.32 Å². The van der Waals surface area contributed by atoms with E-state index in [-0.39, 0.29) is 0 Å². The Bertz CT molecular complexity index is 182. The van der Waals surface area contributed by atoms with Gasteiger partial charge in [0.2, 0.25) is 0 Å². The van der Waals surface area contributed by atoms with Gasteiger partial charge in [0, 0.05) is 12.1 Å². The lowest BCUT2D eigenvalue weighted by Crippen LogP contribution is -2.48. The first-order valence-electron chi connectivity index (χ1n) is 3.80. The number of carbonyl (C=O) groups is 1. The zero-order chi connectivity index (χ0) is 9.61. The fourth-order valence-corrected chi connectivity index (χ4v) is 0.770. The predicted octanol–water partition coefficient (Wildman–Crippen LogP) is 1.58. The normalized spacial score (nSPS) is 16.2. The molecule has 0 amide bonds. The van der Waals surface area contributed by atoms with Gasteiger partial charge in [-0.25, -0.2) is 0 Å². The predicted molar refractivity (Wildman–Crippen MR) is 49.3 cm³/mol. The van der Waals surface area contributed by atoms with Gasteiger partial charge in [0.15, 0.2) is 0 Å². The van der Waals surface area contributed by atoms with Crippen LogP contribution in [0, 0.1) is 0 Å². The van der Waals surface area contributed by atoms with Crippen molar-refractivity contribution < 1.29 is 9.90 Å². The van der Waals surface area contributed by atoms with E-state index in [0.717, 1.165) is 0 Å². The molecule has 0 aliphatic carbocycles. The Morgan fingerprint density at radius 1 is 1.75 bits per heavy atom. The van der Waals surface area contributed by atoms with E-state index in [1.165, 1.54) is 5.54 Å². The number of carboxylic acid groups (broad SMARTS) is 1. The first kappa shape index (κ1) is 11.5. The van der Waals surface area contributed by atoms with E-state index in [1.54, 1.807) is 13.0 Å². The summed E-state index contributed by atoms with van der Waals surface area (Å²) in [5, 5.41) is 11.7. The summed E-state index contributed by atoms with van der Waals surface area (Å²) in [5.74, 6) is -0.840. The zero-order valence-electron chi connectivity index (χ0n) is 7.30. The van der Waals surface area contributed by atoms with Crippen LogP contribution in [-0.2, 0) is 4.79 Å². The second kappa shape index (κ2) is 5.17. The monoisotopic (exact) mass is 191 g/mol. The molecule has 1 unspecified atom stereocenters. The number of carboxylic acids is 1. The molecule has 0 spiro atoms. The van der Waals surface area contributed by atoms with E-state index >= 15 is 0 Å². The molecule has 70 valence electrons. The minimum atomic E-state index is -0.851. The van der Waals surface area contributed by atoms with E-state index in [1.807, 2.05) is 6.92 Å². The second-order valence-electron chi connectivity index (χ2n) is 2.73. The van der Waals surface area contributed by atoms with Crippen molar-refractivity contribution in [1.82, 2.24) is 5.32 Å². The molecule has 0 radical (unpaired) electrons. The van der Waals surface area contributed by atoms with E-state index in [2.05, 4.69) is 5.32 Å². The fraction of sp³-hybridized carbons (Fsp3) is 0.625. The van der Waals surface area contributed by atoms with Gasteiger partial charge in [-0.2, -0.15) is 0 Å². The van der Waals surface area contributed by atoms with Gasteiger partial charge in [0.1, 0.15) is 5.54 Å². The van der Waals surface area contributed by atoms with E-state index < -0.39 is 11.5 Å². The van der Waals surface area contributed by atoms with Gasteiger partial charge in [0.25, 0.3) is 0 Å². The summed E-state index contributed by atoms with van der Waals surface area (Å²) in [6.45, 7) is 3.95. The molecule has 2 N–H and O–H groups in total. The van der Waals surface area contributed by atoms with Crippen molar-refractivity contribution in [3.63, 3.8) is 0 Å². The molecule has 0 aliphatic rings. The lowest BCUT2D eigenvalue weighted by molar-refractivity contribution is -0.144. The van der Waals surface area contributed by atoms with Crippen molar-refractivity contribution in [3.8, 4) is 0 Å². The van der Waals surface area contributed by atoms with Crippen molar-refractivity contribution in [2.24, 2.45) is 0 Å². The van der Waals surface area contributed by atoms with Crippen LogP contribution in [0.15, 0.2) is 11.6 Å². The second-order valence-corrected chi connectivity index (χ2v) is 2.99. The SMILES string of the molecule is CCC(C)(NCC=CCl)C(=O)O. The van der Waals surface area contributed by atoms with Crippen molar-refractivity contribution in [3.05, 3.63) is 11.6 Å². The molecule has 3 nitrogen and oxygen atoms in total. The third-order valence-corrected chi connectivity index (χ3v) is 2.06. The molecule has 0 aliphatic heterocycles. The van der Waals surface area contributed by atoms with Crippen molar-refractivity contribution in [2.75, 3.05) is 6.54 Å². The summed E-state index contributed by atoms with van der Waals surface area (Å²) in [6, 6.07) is 0. The van der Waals surface area contributed by atoms with Crippen molar-refractivity contribution in [1.29, 1.82) is 0 Å². The lowest BCUT2D eigenvalue weighted by atomic mass is 9.99. The molecule has 0 aromatic heterocycles. The molecule has 0 bridgehead atoms. The molecule has 4 heteroatoms. The highest BCUT2D eigenvalue weighted by molar-refractivity contribution is 6.25. The maximum Gasteiger partial charge on any atom is 0.323 e. The summed E-state index contributed by atoms with van der Waals surface area (Å²) in [4.78, 5) is 10.7. The van der Waals surface area contributed by atoms with E-state index in [0.29, 0.717) is 13.0 Å². The molecule has 0 heterocycles. The molecule has 0 saturated heterocycles. The van der Waals surface area contributed by atoms with Crippen molar-refractivity contribution in [2.45, 2.75) is 25.8 Å². The number of hydrogen-bond acceptors (Lipinski definition) is 2. The first-order chi connectivity index (χ1) is 5.56. The first-order valence-corrected chi connectivity index (χ1v) is 4.24. The molecular weight excluding hydrogens is 178 g/mol. The molecule has 0 aromatic carbocycles. The zero-order valence-corrected chi connectivity index (χ0v) is 8.06. The van der Waals surface area contributed by atoms with Gasteiger partial charge in [-0.3, -0.25) is 10.1 Å². The quantitative estimate of drug-likeness (QED) is 0.694. The maximum absolute atomic E-state index is 10.7. The third kappa shape index (κ3) is 3.24. The number of aliphatic carboxylic acids is 1. The van der Waals surface area contributed by atoms with Crippen LogP contribution in [0.25, 0.3) is 0 Å². The molecule has 12 heavy (non-hydrogen) atoms. The summed E-state index contributed by atoms with van der Waals surface area (Å²) < 4.78 is 0. The summed E-state index contributed by atoms with van der Waals surface area (Å²) in [7, 11) is 0. The number of rotatable bonds is 5. The Kier molecular flexibility index (Phi) is 4.93. The van der Waals surface area contributed by atoms with Crippen LogP contribution in [0.3, 0.4) is 0 Å². The third-order valence-electron chi connectivity index (χ3n) is 1.88. The van der Waals surface area contributed by atoms with Gasteiger partial charge in [-0.05, 0) is 13.3 Å². The summed E-state index contributed by atoms with van der Waals surface area (Å²) in [5.41, 5.74) is 0.515. The smallest absolute Gasteiger partial charge is 0.323 e. The molecule has 0 saturated carbocycles. The summed E-state index contributed by atoms with van der Waals surface area (Å²) in [6.07, 6.45) is 2.21. The van der Waals surface area contributed by atoms with Crippen molar-refractivity contribution >= 4 is 17.6 Å². The van der Waals surface area contributed by atoms with Crippen LogP contribution in [-0.4, -0.2) is 23.2 Å². The van der Waals surface area contributed by atoms with E-state index in [9.17, 15) is 4.79 Å². The Morgan fingerprint density at radius 2 is 2.33 bits per heavy atom. The Hall–Kier alpha value is -0.540. The van der Waals surface area contributed by atoms with Gasteiger partial charge >= 0.3 is 5.97 Å². The standard InChI is InChI=1S/C8H14ClNO2/c1-3-8(2,7(11)12)10-6-4-5-9/h4-5,10H,3,6H2,1-2H3,(H,11,12). The van der Waals surface area contributed by atoms with Gasteiger partial charge in [0.05, 0.1) is 0 Å². The van der Waals surface area contributed by atoms with Crippen LogP contribution in [0.4, 0.5) is 0 Å². The molecule has 0 rings (SSSR count). The molecule has 0 fully saturated rings. The molecular formula is C8H14ClNO2. The Balaban J connectivity index is 4.05. The average molecular weight is 192 g/mol. The number of halogens is 1. The fourth-order valence-electron chi connectivity index (χ4n) is 0.681. The number of hydrogen-bond donors (Lipinski definition) is 2. The maximum atomic E-state index is 10.7. The Labute approximate surface area is 77.4 Å². The van der Waals surface area contributed by atoms with Gasteiger partial charge in [-0.15, -0.1) is 0 Å². The molecule has 0 aromatic rings. The summed E-state index contributed by atoms with van der Waals surface area (Å²) >= 11 is 5.29. The molecule has 1 atom stereocenters. The van der Waals surface area contributed by atoms with E-state index in [4.69, 9.17) is 16.7 Å². The highest BCUT2D eigenvalue weighted by Crippen LogP contribution is 2.08.